The number of thioether (sulfide) groups is 1. The fourth-order valence-corrected chi connectivity index (χ4v) is 4.13. The van der Waals surface area contributed by atoms with Crippen LogP contribution in [0.25, 0.3) is 22.4 Å². The van der Waals surface area contributed by atoms with E-state index in [0.717, 1.165) is 4.90 Å². The van der Waals surface area contributed by atoms with Gasteiger partial charge < -0.3 is 10.1 Å². The molecule has 7 heteroatoms. The zero-order valence-electron chi connectivity index (χ0n) is 17.9. The number of pyridine rings is 1. The Morgan fingerprint density at radius 3 is 2.58 bits per heavy atom. The molecule has 4 nitrogen and oxygen atoms in total. The summed E-state index contributed by atoms with van der Waals surface area (Å²) in [5.41, 5.74) is 3.72. The van der Waals surface area contributed by atoms with E-state index in [-0.39, 0.29) is 5.91 Å². The second-order valence-electron chi connectivity index (χ2n) is 7.12. The molecular formula is C26H20ClFN2O2S. The van der Waals surface area contributed by atoms with Crippen molar-refractivity contribution in [1.29, 1.82) is 0 Å². The molecule has 0 radical (unpaired) electrons. The van der Waals surface area contributed by atoms with E-state index in [2.05, 4.69) is 10.3 Å². The summed E-state index contributed by atoms with van der Waals surface area (Å²) in [5.74, 6) is -0.365. The first kappa shape index (κ1) is 22.8. The number of carbonyl (C=O) groups excluding carboxylic acids is 1. The van der Waals surface area contributed by atoms with Crippen molar-refractivity contribution in [2.24, 2.45) is 0 Å². The Morgan fingerprint density at radius 1 is 1.00 bits per heavy atom. The van der Waals surface area contributed by atoms with Crippen molar-refractivity contribution in [3.8, 4) is 28.1 Å². The lowest BCUT2D eigenvalue weighted by molar-refractivity contribution is 0.102. The van der Waals surface area contributed by atoms with Crippen LogP contribution in [-0.2, 0) is 0 Å². The van der Waals surface area contributed by atoms with Crippen LogP contribution >= 0.6 is 23.4 Å². The summed E-state index contributed by atoms with van der Waals surface area (Å²) in [6, 6.07) is 20.6. The number of anilines is 1. The number of halogens is 2. The number of aromatic nitrogens is 1. The van der Waals surface area contributed by atoms with E-state index in [1.807, 2.05) is 36.6 Å². The second-order valence-corrected chi connectivity index (χ2v) is 8.41. The van der Waals surface area contributed by atoms with Crippen LogP contribution in [0.3, 0.4) is 0 Å². The van der Waals surface area contributed by atoms with E-state index in [9.17, 15) is 9.18 Å². The first-order valence-corrected chi connectivity index (χ1v) is 11.6. The number of hydrogen-bond donors (Lipinski definition) is 1. The van der Waals surface area contributed by atoms with Gasteiger partial charge in [-0.2, -0.15) is 0 Å². The summed E-state index contributed by atoms with van der Waals surface area (Å²) in [7, 11) is 1.48. The van der Waals surface area contributed by atoms with Crippen molar-refractivity contribution in [3.63, 3.8) is 0 Å². The highest BCUT2D eigenvalue weighted by molar-refractivity contribution is 7.98. The molecule has 0 fully saturated rings. The van der Waals surface area contributed by atoms with Gasteiger partial charge in [0.05, 0.1) is 17.8 Å². The third kappa shape index (κ3) is 5.02. The Hall–Kier alpha value is -3.35. The molecule has 0 bridgehead atoms. The van der Waals surface area contributed by atoms with Gasteiger partial charge in [0, 0.05) is 39.5 Å². The Labute approximate surface area is 200 Å². The quantitative estimate of drug-likeness (QED) is 0.298. The van der Waals surface area contributed by atoms with Crippen LogP contribution in [0.5, 0.6) is 5.75 Å². The smallest absolute Gasteiger partial charge is 0.256 e. The minimum Gasteiger partial charge on any atom is -0.496 e. The zero-order chi connectivity index (χ0) is 23.4. The van der Waals surface area contributed by atoms with E-state index < -0.39 is 5.82 Å². The topological polar surface area (TPSA) is 51.2 Å². The highest BCUT2D eigenvalue weighted by atomic mass is 35.5. The standard InChI is InChI=1S/C26H20ClFN2O2S/c1-32-25-13-16(28)6-9-19(25)21-15-18(33-2)8-10-20(21)26(31)30-17-7-11-23(27)22(14-17)24-5-3-4-12-29-24/h3-15H,1-2H3,(H,30,31). The van der Waals surface area contributed by atoms with Gasteiger partial charge in [0.25, 0.3) is 5.91 Å². The van der Waals surface area contributed by atoms with Crippen molar-refractivity contribution in [2.75, 3.05) is 18.7 Å². The van der Waals surface area contributed by atoms with E-state index in [0.29, 0.717) is 44.4 Å². The summed E-state index contributed by atoms with van der Waals surface area (Å²) < 4.78 is 19.2. The third-order valence-corrected chi connectivity index (χ3v) is 6.15. The number of methoxy groups -OCH3 is 1. The first-order chi connectivity index (χ1) is 16.0. The minimum atomic E-state index is -0.411. The molecule has 0 aliphatic heterocycles. The SMILES string of the molecule is COc1cc(F)ccc1-c1cc(SC)ccc1C(=O)Nc1ccc(Cl)c(-c2ccccn2)c1. The maximum absolute atomic E-state index is 13.8. The lowest BCUT2D eigenvalue weighted by Crippen LogP contribution is -2.13. The molecule has 3 aromatic carbocycles. The summed E-state index contributed by atoms with van der Waals surface area (Å²) in [6.45, 7) is 0. The average Bonchev–Trinajstić information content (AvgIpc) is 2.85. The molecule has 4 rings (SSSR count). The fraction of sp³-hybridized carbons (Fsp3) is 0.0769. The molecular weight excluding hydrogens is 459 g/mol. The van der Waals surface area contributed by atoms with Crippen LogP contribution in [0.15, 0.2) is 83.9 Å². The van der Waals surface area contributed by atoms with Crippen LogP contribution in [0, 0.1) is 5.82 Å². The van der Waals surface area contributed by atoms with Crippen LogP contribution in [-0.4, -0.2) is 24.3 Å². The molecule has 0 atom stereocenters. The average molecular weight is 479 g/mol. The largest absolute Gasteiger partial charge is 0.496 e. The monoisotopic (exact) mass is 478 g/mol. The predicted molar refractivity (Wildman–Crippen MR) is 133 cm³/mol. The van der Waals surface area contributed by atoms with Gasteiger partial charge in [0.15, 0.2) is 0 Å². The third-order valence-electron chi connectivity index (χ3n) is 5.09. The highest BCUT2D eigenvalue weighted by Gasteiger charge is 2.18. The highest BCUT2D eigenvalue weighted by Crippen LogP contribution is 2.36. The Morgan fingerprint density at radius 2 is 1.85 bits per heavy atom. The van der Waals surface area contributed by atoms with Gasteiger partial charge in [0.1, 0.15) is 11.6 Å². The lowest BCUT2D eigenvalue weighted by atomic mass is 9.98. The molecule has 33 heavy (non-hydrogen) atoms. The maximum atomic E-state index is 13.8. The van der Waals surface area contributed by atoms with E-state index in [1.165, 1.54) is 19.2 Å². The van der Waals surface area contributed by atoms with E-state index in [4.69, 9.17) is 16.3 Å². The van der Waals surface area contributed by atoms with Gasteiger partial charge in [-0.3, -0.25) is 9.78 Å². The summed E-state index contributed by atoms with van der Waals surface area (Å²) in [5, 5.41) is 3.48. The molecule has 0 aliphatic carbocycles. The molecule has 1 amide bonds. The molecule has 166 valence electrons. The van der Waals surface area contributed by atoms with Gasteiger partial charge >= 0.3 is 0 Å². The lowest BCUT2D eigenvalue weighted by Gasteiger charge is -2.15. The van der Waals surface area contributed by atoms with Crippen LogP contribution in [0.4, 0.5) is 10.1 Å². The molecule has 0 aliphatic rings. The van der Waals surface area contributed by atoms with Crippen molar-refractivity contribution in [1.82, 2.24) is 4.98 Å². The van der Waals surface area contributed by atoms with Crippen LogP contribution in [0.1, 0.15) is 10.4 Å². The van der Waals surface area contributed by atoms with Crippen LogP contribution in [0.2, 0.25) is 5.02 Å². The molecule has 0 spiro atoms. The van der Waals surface area contributed by atoms with Crippen molar-refractivity contribution in [2.45, 2.75) is 4.90 Å². The molecule has 1 heterocycles. The maximum Gasteiger partial charge on any atom is 0.256 e. The Kier molecular flexibility index (Phi) is 6.96. The summed E-state index contributed by atoms with van der Waals surface area (Å²) in [6.07, 6.45) is 3.64. The van der Waals surface area contributed by atoms with Crippen LogP contribution < -0.4 is 10.1 Å². The number of hydrogen-bond acceptors (Lipinski definition) is 4. The fourth-order valence-electron chi connectivity index (χ4n) is 3.48. The number of amides is 1. The van der Waals surface area contributed by atoms with E-state index in [1.54, 1.807) is 48.3 Å². The number of ether oxygens (including phenoxy) is 1. The van der Waals surface area contributed by atoms with Crippen molar-refractivity contribution >= 4 is 35.0 Å². The Balaban J connectivity index is 1.73. The minimum absolute atomic E-state index is 0.307. The van der Waals surface area contributed by atoms with Crippen molar-refractivity contribution in [3.05, 3.63) is 95.4 Å². The van der Waals surface area contributed by atoms with Gasteiger partial charge in [-0.05, 0) is 72.5 Å². The van der Waals surface area contributed by atoms with Gasteiger partial charge in [-0.1, -0.05) is 17.7 Å². The summed E-state index contributed by atoms with van der Waals surface area (Å²) in [4.78, 5) is 18.6. The predicted octanol–water partition coefficient (Wildman–Crippen LogP) is 7.19. The molecule has 1 aromatic heterocycles. The van der Waals surface area contributed by atoms with Gasteiger partial charge in [-0.15, -0.1) is 11.8 Å². The Bertz CT molecular complexity index is 1320. The second kappa shape index (κ2) is 10.1. The zero-order valence-corrected chi connectivity index (χ0v) is 19.5. The number of benzene rings is 3. The normalized spacial score (nSPS) is 10.7. The number of nitrogens with one attached hydrogen (secondary N) is 1. The van der Waals surface area contributed by atoms with Crippen molar-refractivity contribution < 1.29 is 13.9 Å². The number of rotatable bonds is 6. The molecule has 0 saturated heterocycles. The summed E-state index contributed by atoms with van der Waals surface area (Å²) >= 11 is 7.92. The van der Waals surface area contributed by atoms with Gasteiger partial charge in [0.2, 0.25) is 0 Å². The molecule has 0 unspecified atom stereocenters. The van der Waals surface area contributed by atoms with Gasteiger partial charge in [-0.25, -0.2) is 4.39 Å². The number of nitrogens with zero attached hydrogens (tertiary/aromatic N) is 1. The molecule has 1 N–H and O–H groups in total. The molecule has 4 aromatic rings. The van der Waals surface area contributed by atoms with E-state index >= 15 is 0 Å². The first-order valence-electron chi connectivity index (χ1n) is 10.0. The molecule has 0 saturated carbocycles. The number of carbonyl (C=O) groups is 1.